The van der Waals surface area contributed by atoms with E-state index >= 15 is 0 Å². The fourth-order valence-electron chi connectivity index (χ4n) is 3.78. The maximum absolute atomic E-state index is 11.4. The minimum absolute atomic E-state index is 0.348. The Bertz CT molecular complexity index is 979. The monoisotopic (exact) mass is 379 g/mol. The number of rotatable bonds is 5. The lowest BCUT2D eigenvalue weighted by Gasteiger charge is -2.26. The van der Waals surface area contributed by atoms with E-state index in [1.54, 1.807) is 23.6 Å². The average molecular weight is 379 g/mol. The molecule has 0 saturated carbocycles. The summed E-state index contributed by atoms with van der Waals surface area (Å²) in [5.41, 5.74) is 4.81. The van der Waals surface area contributed by atoms with Crippen LogP contribution >= 0.6 is 11.3 Å². The highest BCUT2D eigenvalue weighted by atomic mass is 32.1. The molecule has 0 aliphatic carbocycles. The van der Waals surface area contributed by atoms with Gasteiger partial charge < -0.3 is 9.84 Å². The highest BCUT2D eigenvalue weighted by molar-refractivity contribution is 7.10. The quantitative estimate of drug-likeness (QED) is 0.652. The molecule has 1 N–H and O–H groups in total. The zero-order valence-electron chi connectivity index (χ0n) is 15.1. The van der Waals surface area contributed by atoms with Crippen molar-refractivity contribution < 1.29 is 14.6 Å². The smallest absolute Gasteiger partial charge is 0.336 e. The van der Waals surface area contributed by atoms with Crippen molar-refractivity contribution in [2.75, 3.05) is 6.61 Å². The highest BCUT2D eigenvalue weighted by Gasteiger charge is 2.23. The number of carboxylic acids is 1. The predicted octanol–water partition coefficient (Wildman–Crippen LogP) is 5.32. The second kappa shape index (κ2) is 7.53. The lowest BCUT2D eigenvalue weighted by atomic mass is 9.86. The first kappa shape index (κ1) is 17.7. The molecule has 3 heterocycles. The molecule has 0 radical (unpaired) electrons. The van der Waals surface area contributed by atoms with E-state index in [-0.39, 0.29) is 0 Å². The van der Waals surface area contributed by atoms with Crippen molar-refractivity contribution in [2.24, 2.45) is 0 Å². The molecule has 1 unspecified atom stereocenters. The van der Waals surface area contributed by atoms with Crippen molar-refractivity contribution in [1.82, 2.24) is 4.98 Å². The molecule has 0 spiro atoms. The van der Waals surface area contributed by atoms with E-state index in [1.807, 2.05) is 0 Å². The standard InChI is InChI=1S/C22H21NO3S/c1-14-18(8-11-27-14)16-4-5-19-15(7-10-26-21(19)12-16)2-3-17-13-23-9-6-20(17)22(24)25/h4-6,8-9,11-13,15H,2-3,7,10H2,1H3,(H,24,25). The van der Waals surface area contributed by atoms with Crippen molar-refractivity contribution in [1.29, 1.82) is 0 Å². The van der Waals surface area contributed by atoms with Gasteiger partial charge in [0, 0.05) is 17.3 Å². The van der Waals surface area contributed by atoms with Crippen molar-refractivity contribution in [2.45, 2.75) is 32.1 Å². The van der Waals surface area contributed by atoms with Gasteiger partial charge in [0.15, 0.2) is 0 Å². The SMILES string of the molecule is Cc1sccc1-c1ccc2c(c1)OCCC2CCc1cnccc1C(=O)O. The minimum Gasteiger partial charge on any atom is -0.493 e. The molecule has 5 heteroatoms. The van der Waals surface area contributed by atoms with Crippen LogP contribution in [0.4, 0.5) is 0 Å². The van der Waals surface area contributed by atoms with Crippen molar-refractivity contribution in [3.8, 4) is 16.9 Å². The number of aromatic nitrogens is 1. The Labute approximate surface area is 162 Å². The first-order valence-corrected chi connectivity index (χ1v) is 9.99. The fraction of sp³-hybridized carbons (Fsp3) is 0.273. The first-order chi connectivity index (χ1) is 13.1. The van der Waals surface area contributed by atoms with Crippen molar-refractivity contribution >= 4 is 17.3 Å². The Kier molecular flexibility index (Phi) is 4.94. The Morgan fingerprint density at radius 3 is 3.00 bits per heavy atom. The van der Waals surface area contributed by atoms with Crippen LogP contribution in [0, 0.1) is 6.92 Å². The summed E-state index contributed by atoms with van der Waals surface area (Å²) in [6, 6.07) is 10.2. The summed E-state index contributed by atoms with van der Waals surface area (Å²) in [5.74, 6) is 0.433. The van der Waals surface area contributed by atoms with E-state index < -0.39 is 5.97 Å². The number of nitrogens with zero attached hydrogens (tertiary/aromatic N) is 1. The van der Waals surface area contributed by atoms with Crippen LogP contribution in [0.15, 0.2) is 48.1 Å². The van der Waals surface area contributed by atoms with Crippen molar-refractivity contribution in [3.05, 3.63) is 69.7 Å². The van der Waals surface area contributed by atoms with Gasteiger partial charge in [0.2, 0.25) is 0 Å². The van der Waals surface area contributed by atoms with Gasteiger partial charge in [0.05, 0.1) is 12.2 Å². The Hall–Kier alpha value is -2.66. The molecule has 2 aromatic heterocycles. The van der Waals surface area contributed by atoms with Crippen LogP contribution in [-0.4, -0.2) is 22.7 Å². The van der Waals surface area contributed by atoms with Gasteiger partial charge in [-0.1, -0.05) is 12.1 Å². The van der Waals surface area contributed by atoms with Crippen molar-refractivity contribution in [3.63, 3.8) is 0 Å². The van der Waals surface area contributed by atoms with E-state index in [0.29, 0.717) is 24.5 Å². The Morgan fingerprint density at radius 1 is 1.33 bits per heavy atom. The zero-order valence-corrected chi connectivity index (χ0v) is 16.0. The number of thiophene rings is 1. The van der Waals surface area contributed by atoms with E-state index in [1.165, 1.54) is 27.8 Å². The predicted molar refractivity (Wildman–Crippen MR) is 107 cm³/mol. The van der Waals surface area contributed by atoms with Crippen LogP contribution in [0.1, 0.15) is 45.1 Å². The number of aryl methyl sites for hydroxylation is 2. The Morgan fingerprint density at radius 2 is 2.22 bits per heavy atom. The Balaban J connectivity index is 1.56. The van der Waals surface area contributed by atoms with E-state index in [9.17, 15) is 9.90 Å². The summed E-state index contributed by atoms with van der Waals surface area (Å²) in [6.07, 6.45) is 5.74. The van der Waals surface area contributed by atoms with Gasteiger partial charge in [-0.2, -0.15) is 0 Å². The van der Waals surface area contributed by atoms with E-state index in [0.717, 1.165) is 24.2 Å². The highest BCUT2D eigenvalue weighted by Crippen LogP contribution is 2.40. The summed E-state index contributed by atoms with van der Waals surface area (Å²) in [7, 11) is 0. The molecule has 4 rings (SSSR count). The first-order valence-electron chi connectivity index (χ1n) is 9.11. The molecule has 0 saturated heterocycles. The molecular weight excluding hydrogens is 358 g/mol. The van der Waals surface area contributed by atoms with Crippen LogP contribution in [-0.2, 0) is 6.42 Å². The molecule has 4 nitrogen and oxygen atoms in total. The summed E-state index contributed by atoms with van der Waals surface area (Å²) in [5, 5.41) is 11.5. The van der Waals surface area contributed by atoms with Gasteiger partial charge in [-0.15, -0.1) is 11.3 Å². The second-order valence-electron chi connectivity index (χ2n) is 6.85. The molecule has 0 fully saturated rings. The molecule has 1 aromatic carbocycles. The molecule has 0 bridgehead atoms. The molecule has 1 aliphatic rings. The summed E-state index contributed by atoms with van der Waals surface area (Å²) >= 11 is 1.75. The largest absolute Gasteiger partial charge is 0.493 e. The third kappa shape index (κ3) is 3.60. The summed E-state index contributed by atoms with van der Waals surface area (Å²) in [4.78, 5) is 16.8. The van der Waals surface area contributed by atoms with E-state index in [4.69, 9.17) is 4.74 Å². The number of fused-ring (bicyclic) bond motifs is 1. The van der Waals surface area contributed by atoms with Crippen LogP contribution in [0.5, 0.6) is 5.75 Å². The molecular formula is C22H21NO3S. The number of ether oxygens (including phenoxy) is 1. The number of pyridine rings is 1. The normalized spacial score (nSPS) is 15.8. The molecule has 0 amide bonds. The topological polar surface area (TPSA) is 59.4 Å². The molecule has 1 aliphatic heterocycles. The second-order valence-corrected chi connectivity index (χ2v) is 7.97. The third-order valence-corrected chi connectivity index (χ3v) is 6.09. The number of carboxylic acid groups (broad SMARTS) is 1. The van der Waals surface area contributed by atoms with Gasteiger partial charge in [-0.25, -0.2) is 4.79 Å². The summed E-state index contributed by atoms with van der Waals surface area (Å²) in [6.45, 7) is 2.83. The lowest BCUT2D eigenvalue weighted by molar-refractivity contribution is 0.0695. The number of hydrogen-bond acceptors (Lipinski definition) is 4. The molecule has 3 aromatic rings. The maximum atomic E-state index is 11.4. The minimum atomic E-state index is -0.893. The molecule has 27 heavy (non-hydrogen) atoms. The third-order valence-electron chi connectivity index (χ3n) is 5.24. The van der Waals surface area contributed by atoms with Gasteiger partial charge in [-0.05, 0) is 77.9 Å². The van der Waals surface area contributed by atoms with Gasteiger partial charge in [0.25, 0.3) is 0 Å². The number of aromatic carboxylic acids is 1. The number of hydrogen-bond donors (Lipinski definition) is 1. The van der Waals surface area contributed by atoms with Crippen LogP contribution in [0.3, 0.4) is 0 Å². The summed E-state index contributed by atoms with van der Waals surface area (Å²) < 4.78 is 5.94. The molecule has 138 valence electrons. The fourth-order valence-corrected chi connectivity index (χ4v) is 4.50. The average Bonchev–Trinajstić information content (AvgIpc) is 3.12. The van der Waals surface area contributed by atoms with Crippen LogP contribution in [0.25, 0.3) is 11.1 Å². The maximum Gasteiger partial charge on any atom is 0.336 e. The molecule has 1 atom stereocenters. The van der Waals surface area contributed by atoms with E-state index in [2.05, 4.69) is 41.6 Å². The van der Waals surface area contributed by atoms with Gasteiger partial charge >= 0.3 is 5.97 Å². The van der Waals surface area contributed by atoms with Gasteiger partial charge in [0.1, 0.15) is 5.75 Å². The lowest BCUT2D eigenvalue weighted by Crippen LogP contribution is -2.15. The van der Waals surface area contributed by atoms with Crippen LogP contribution in [0.2, 0.25) is 0 Å². The number of carbonyl (C=O) groups is 1. The van der Waals surface area contributed by atoms with Crippen LogP contribution < -0.4 is 4.74 Å². The zero-order chi connectivity index (χ0) is 18.8. The van der Waals surface area contributed by atoms with Gasteiger partial charge in [-0.3, -0.25) is 4.98 Å². The number of benzene rings is 1.